The largest absolute Gasteiger partial charge is 0.455 e. The van der Waals surface area contributed by atoms with Gasteiger partial charge in [-0.1, -0.05) is 194 Å². The topological polar surface area (TPSA) is 13.1 Å². The van der Waals surface area contributed by atoms with Crippen LogP contribution in [-0.2, 0) is 6.42 Å². The molecule has 0 saturated carbocycles. The Kier molecular flexibility index (Phi) is 5.73. The molecular formula is C53H34O. The first-order valence-electron chi connectivity index (χ1n) is 21.2. The Hall–Kier alpha value is -6.96. The zero-order valence-electron chi connectivity index (χ0n) is 35.1. The first-order chi connectivity index (χ1) is 29.3. The van der Waals surface area contributed by atoms with Gasteiger partial charge in [0.05, 0.1) is 8.22 Å². The van der Waals surface area contributed by atoms with Crippen LogP contribution in [0.3, 0.4) is 0 Å². The van der Waals surface area contributed by atoms with Gasteiger partial charge in [0.25, 0.3) is 0 Å². The summed E-state index contributed by atoms with van der Waals surface area (Å²) in [5.74, 6) is 0. The van der Waals surface area contributed by atoms with E-state index < -0.39 is 6.04 Å². The van der Waals surface area contributed by atoms with E-state index in [4.69, 9.17) is 7.16 Å². The Balaban J connectivity index is 1.20. The van der Waals surface area contributed by atoms with Gasteiger partial charge in [-0.15, -0.1) is 0 Å². The molecule has 252 valence electrons. The highest BCUT2D eigenvalue weighted by atomic mass is 16.3. The highest BCUT2D eigenvalue weighted by Gasteiger charge is 2.20. The van der Waals surface area contributed by atoms with Crippen LogP contribution in [0, 0.1) is 0 Å². The van der Waals surface area contributed by atoms with Gasteiger partial charge in [0.2, 0.25) is 0 Å². The zero-order valence-corrected chi connectivity index (χ0v) is 29.1. The van der Waals surface area contributed by atoms with Crippen molar-refractivity contribution in [3.05, 3.63) is 205 Å². The molecule has 1 nitrogen and oxygen atoms in total. The van der Waals surface area contributed by atoms with Gasteiger partial charge < -0.3 is 4.42 Å². The Labute approximate surface area is 321 Å². The van der Waals surface area contributed by atoms with Crippen LogP contribution < -0.4 is 0 Å². The molecule has 1 heteroatoms. The standard InChI is InChI=1S/C53H34O/c1-2-16-35(17-3-1)51-44-24-10-8-22-41(44)50(42-23-9-11-25-45(42)51)33-36-31-32-43(39-21-7-6-20-38(36)39)47-28-14-30-49-48-29-13-27-46(52(48)54-53(47)49)40-26-12-18-34-15-4-5-19-37(34)40/h1-32H,33H2/i6D,7D,20D,21D,31D,32D. The molecule has 0 radical (unpaired) electrons. The van der Waals surface area contributed by atoms with E-state index in [0.29, 0.717) is 22.3 Å². The molecule has 0 aliphatic rings. The van der Waals surface area contributed by atoms with Gasteiger partial charge in [-0.25, -0.2) is 0 Å². The molecule has 0 bridgehead atoms. The molecular weight excluding hydrogens is 653 g/mol. The van der Waals surface area contributed by atoms with E-state index in [9.17, 15) is 5.48 Å². The van der Waals surface area contributed by atoms with Crippen molar-refractivity contribution in [2.75, 3.05) is 0 Å². The van der Waals surface area contributed by atoms with E-state index in [1.165, 1.54) is 0 Å². The number of furan rings is 1. The molecule has 1 heterocycles. The normalized spacial score (nSPS) is 13.3. The van der Waals surface area contributed by atoms with Crippen LogP contribution in [0.5, 0.6) is 0 Å². The van der Waals surface area contributed by atoms with Crippen molar-refractivity contribution < 1.29 is 12.6 Å². The molecule has 11 aromatic rings. The molecule has 0 atom stereocenters. The van der Waals surface area contributed by atoms with Crippen LogP contribution in [0.15, 0.2) is 198 Å². The Morgan fingerprint density at radius 3 is 1.59 bits per heavy atom. The molecule has 1 aromatic heterocycles. The fourth-order valence-electron chi connectivity index (χ4n) is 8.52. The minimum absolute atomic E-state index is 0.0904. The molecule has 0 amide bonds. The van der Waals surface area contributed by atoms with Gasteiger partial charge in [-0.3, -0.25) is 0 Å². The third-order valence-electron chi connectivity index (χ3n) is 10.9. The van der Waals surface area contributed by atoms with Gasteiger partial charge in [-0.2, -0.15) is 0 Å². The number of rotatable bonds is 5. The van der Waals surface area contributed by atoms with Gasteiger partial charge in [0.1, 0.15) is 11.2 Å². The van der Waals surface area contributed by atoms with Gasteiger partial charge >= 0.3 is 0 Å². The lowest BCUT2D eigenvalue weighted by Gasteiger charge is -2.18. The number of hydrogen-bond acceptors (Lipinski definition) is 1. The fraction of sp³-hybridized carbons (Fsp3) is 0.0189. The van der Waals surface area contributed by atoms with Crippen molar-refractivity contribution in [3.63, 3.8) is 0 Å². The molecule has 0 N–H and O–H groups in total. The smallest absolute Gasteiger partial charge is 0.143 e. The fourth-order valence-corrected chi connectivity index (χ4v) is 8.52. The van der Waals surface area contributed by atoms with Crippen molar-refractivity contribution >= 4 is 65.0 Å². The quantitative estimate of drug-likeness (QED) is 0.164. The van der Waals surface area contributed by atoms with Crippen LogP contribution in [0.2, 0.25) is 0 Å². The highest BCUT2D eigenvalue weighted by molar-refractivity contribution is 6.17. The molecule has 0 spiro atoms. The van der Waals surface area contributed by atoms with E-state index in [0.717, 1.165) is 70.9 Å². The van der Waals surface area contributed by atoms with E-state index >= 15 is 0 Å². The lowest BCUT2D eigenvalue weighted by molar-refractivity contribution is 0.671. The third-order valence-corrected chi connectivity index (χ3v) is 10.9. The molecule has 54 heavy (non-hydrogen) atoms. The van der Waals surface area contributed by atoms with Crippen LogP contribution >= 0.6 is 0 Å². The third kappa shape index (κ3) is 4.72. The molecule has 0 unspecified atom stereocenters. The summed E-state index contributed by atoms with van der Waals surface area (Å²) in [6.45, 7) is 0. The SMILES string of the molecule is [2H]c1c([2H])c([2H])c2c(-c3cccc4c3oc3c(-c5cccc6ccccc56)cccc34)c([2H])c([2H])c(Cc3c4ccccc4c(-c4ccccc4)c4ccccc34)c2c1[2H]. The Morgan fingerprint density at radius 2 is 0.889 bits per heavy atom. The summed E-state index contributed by atoms with van der Waals surface area (Å²) in [5, 5.41) is 8.37. The van der Waals surface area contributed by atoms with E-state index in [-0.39, 0.29) is 53.0 Å². The number of hydrogen-bond donors (Lipinski definition) is 0. The maximum atomic E-state index is 9.78. The van der Waals surface area contributed by atoms with Crippen LogP contribution in [0.25, 0.3) is 98.4 Å². The van der Waals surface area contributed by atoms with E-state index in [2.05, 4.69) is 60.7 Å². The minimum atomic E-state index is -0.394. The summed E-state index contributed by atoms with van der Waals surface area (Å²) >= 11 is 0. The van der Waals surface area contributed by atoms with E-state index in [1.807, 2.05) is 97.1 Å². The average Bonchev–Trinajstić information content (AvgIpc) is 3.68. The molecule has 0 fully saturated rings. The van der Waals surface area contributed by atoms with Gasteiger partial charge in [0.15, 0.2) is 0 Å². The van der Waals surface area contributed by atoms with Crippen molar-refractivity contribution in [1.82, 2.24) is 0 Å². The van der Waals surface area contributed by atoms with Crippen molar-refractivity contribution in [1.29, 1.82) is 0 Å². The molecule has 0 aliphatic carbocycles. The molecule has 0 aliphatic heterocycles. The predicted octanol–water partition coefficient (Wildman–Crippen LogP) is 14.8. The number of benzene rings is 10. The molecule has 10 aromatic carbocycles. The summed E-state index contributed by atoms with van der Waals surface area (Å²) < 4.78 is 63.0. The van der Waals surface area contributed by atoms with Crippen LogP contribution in [0.1, 0.15) is 19.4 Å². The summed E-state index contributed by atoms with van der Waals surface area (Å²) in [6, 6.07) is 51.5. The summed E-state index contributed by atoms with van der Waals surface area (Å²) in [6.07, 6.45) is 0.170. The summed E-state index contributed by atoms with van der Waals surface area (Å²) in [7, 11) is 0. The van der Waals surface area contributed by atoms with Crippen LogP contribution in [-0.4, -0.2) is 0 Å². The second-order valence-corrected chi connectivity index (χ2v) is 13.8. The summed E-state index contributed by atoms with van der Waals surface area (Å²) in [5.41, 5.74) is 7.33. The van der Waals surface area contributed by atoms with Crippen LogP contribution in [0.4, 0.5) is 0 Å². The van der Waals surface area contributed by atoms with Gasteiger partial charge in [0, 0.05) is 21.9 Å². The Morgan fingerprint density at radius 1 is 0.370 bits per heavy atom. The number of fused-ring (bicyclic) bond motifs is 7. The summed E-state index contributed by atoms with van der Waals surface area (Å²) in [4.78, 5) is 0. The van der Waals surface area contributed by atoms with E-state index in [1.54, 1.807) is 0 Å². The first kappa shape index (κ1) is 25.1. The molecule has 0 saturated heterocycles. The Bertz CT molecular complexity index is 3530. The van der Waals surface area contributed by atoms with Crippen molar-refractivity contribution in [2.24, 2.45) is 0 Å². The second-order valence-electron chi connectivity index (χ2n) is 13.8. The maximum Gasteiger partial charge on any atom is 0.143 e. The first-order valence-corrected chi connectivity index (χ1v) is 18.2. The lowest BCUT2D eigenvalue weighted by atomic mass is 9.85. The average molecular weight is 693 g/mol. The maximum absolute atomic E-state index is 9.78. The highest BCUT2D eigenvalue weighted by Crippen LogP contribution is 2.44. The molecule has 11 rings (SSSR count). The number of para-hydroxylation sites is 2. The van der Waals surface area contributed by atoms with Gasteiger partial charge in [-0.05, 0) is 82.9 Å². The predicted molar refractivity (Wildman–Crippen MR) is 229 cm³/mol. The second kappa shape index (κ2) is 12.3. The lowest BCUT2D eigenvalue weighted by Crippen LogP contribution is -1.97. The minimum Gasteiger partial charge on any atom is -0.455 e. The van der Waals surface area contributed by atoms with Crippen molar-refractivity contribution in [2.45, 2.75) is 6.42 Å². The zero-order chi connectivity index (χ0) is 40.8. The monoisotopic (exact) mass is 692 g/mol. The van der Waals surface area contributed by atoms with Crippen molar-refractivity contribution in [3.8, 4) is 33.4 Å².